The van der Waals surface area contributed by atoms with Gasteiger partial charge in [-0.05, 0) is 48.9 Å². The Balaban J connectivity index is 1.60. The van der Waals surface area contributed by atoms with E-state index in [0.29, 0.717) is 11.3 Å². The quantitative estimate of drug-likeness (QED) is 0.635. The zero-order valence-electron chi connectivity index (χ0n) is 17.6. The average molecular weight is 430 g/mol. The van der Waals surface area contributed by atoms with Crippen molar-refractivity contribution in [1.29, 1.82) is 0 Å². The van der Waals surface area contributed by atoms with Crippen molar-refractivity contribution < 1.29 is 24.3 Å². The SMILES string of the molecule is COc1cc([C@@H]2[C@@H]3C(=O)N(c4ccc(C)cc4)C(=O)[C@@H]3ON2c2ccccc2)ccc1O. The van der Waals surface area contributed by atoms with Crippen LogP contribution >= 0.6 is 0 Å². The van der Waals surface area contributed by atoms with Crippen molar-refractivity contribution in [3.05, 3.63) is 83.9 Å². The second-order valence-corrected chi connectivity index (χ2v) is 7.94. The van der Waals surface area contributed by atoms with Gasteiger partial charge >= 0.3 is 0 Å². The van der Waals surface area contributed by atoms with Gasteiger partial charge in [0, 0.05) is 0 Å². The molecule has 0 aromatic heterocycles. The van der Waals surface area contributed by atoms with Crippen LogP contribution in [0.25, 0.3) is 0 Å². The summed E-state index contributed by atoms with van der Waals surface area (Å²) >= 11 is 0. The van der Waals surface area contributed by atoms with Gasteiger partial charge in [-0.15, -0.1) is 0 Å². The summed E-state index contributed by atoms with van der Waals surface area (Å²) in [5.41, 5.74) is 2.98. The van der Waals surface area contributed by atoms with E-state index in [-0.39, 0.29) is 17.4 Å². The van der Waals surface area contributed by atoms with Crippen LogP contribution in [0.2, 0.25) is 0 Å². The Morgan fingerprint density at radius 2 is 1.62 bits per heavy atom. The van der Waals surface area contributed by atoms with Crippen molar-refractivity contribution in [3.8, 4) is 11.5 Å². The molecule has 3 atom stereocenters. The predicted octanol–water partition coefficient (Wildman–Crippen LogP) is 3.76. The second kappa shape index (κ2) is 7.69. The molecule has 2 heterocycles. The van der Waals surface area contributed by atoms with E-state index in [0.717, 1.165) is 11.3 Å². The van der Waals surface area contributed by atoms with Gasteiger partial charge in [-0.1, -0.05) is 42.0 Å². The summed E-state index contributed by atoms with van der Waals surface area (Å²) in [6.07, 6.45) is -0.950. The fourth-order valence-corrected chi connectivity index (χ4v) is 4.38. The van der Waals surface area contributed by atoms with E-state index in [2.05, 4.69) is 0 Å². The third kappa shape index (κ3) is 3.09. The monoisotopic (exact) mass is 430 g/mol. The van der Waals surface area contributed by atoms with Gasteiger partial charge in [0.05, 0.1) is 24.5 Å². The number of ether oxygens (including phenoxy) is 1. The summed E-state index contributed by atoms with van der Waals surface area (Å²) in [5, 5.41) is 11.7. The molecule has 0 saturated carbocycles. The van der Waals surface area contributed by atoms with Gasteiger partial charge in [-0.25, -0.2) is 9.96 Å². The van der Waals surface area contributed by atoms with Crippen LogP contribution in [-0.4, -0.2) is 30.1 Å². The average Bonchev–Trinajstić information content (AvgIpc) is 3.32. The minimum Gasteiger partial charge on any atom is -0.504 e. The van der Waals surface area contributed by atoms with Crippen molar-refractivity contribution in [3.63, 3.8) is 0 Å². The largest absolute Gasteiger partial charge is 0.504 e. The number of hydrogen-bond donors (Lipinski definition) is 1. The Bertz CT molecular complexity index is 1180. The van der Waals surface area contributed by atoms with Gasteiger partial charge < -0.3 is 9.84 Å². The number of nitrogens with zero attached hydrogens (tertiary/aromatic N) is 2. The molecule has 0 radical (unpaired) electrons. The highest BCUT2D eigenvalue weighted by atomic mass is 16.7. The number of para-hydroxylation sites is 1. The molecule has 7 nitrogen and oxygen atoms in total. The van der Waals surface area contributed by atoms with Gasteiger partial charge in [0.2, 0.25) is 5.91 Å². The Labute approximate surface area is 185 Å². The van der Waals surface area contributed by atoms with E-state index in [1.165, 1.54) is 18.1 Å². The van der Waals surface area contributed by atoms with E-state index in [1.807, 2.05) is 49.4 Å². The van der Waals surface area contributed by atoms with E-state index in [9.17, 15) is 14.7 Å². The van der Waals surface area contributed by atoms with Gasteiger partial charge in [-0.2, -0.15) is 0 Å². The number of benzene rings is 3. The van der Waals surface area contributed by atoms with Gasteiger partial charge in [-0.3, -0.25) is 14.4 Å². The Hall–Kier alpha value is -3.84. The maximum atomic E-state index is 13.6. The lowest BCUT2D eigenvalue weighted by Gasteiger charge is -2.29. The molecule has 3 aromatic carbocycles. The first-order valence-electron chi connectivity index (χ1n) is 10.3. The molecule has 2 saturated heterocycles. The molecule has 0 aliphatic carbocycles. The normalized spacial score (nSPS) is 22.4. The van der Waals surface area contributed by atoms with Crippen molar-refractivity contribution in [1.82, 2.24) is 0 Å². The molecule has 32 heavy (non-hydrogen) atoms. The molecule has 162 valence electrons. The number of hydrogen-bond acceptors (Lipinski definition) is 6. The fraction of sp³-hybridized carbons (Fsp3) is 0.200. The Morgan fingerprint density at radius 1 is 0.906 bits per heavy atom. The Morgan fingerprint density at radius 3 is 2.31 bits per heavy atom. The lowest BCUT2D eigenvalue weighted by atomic mass is 9.90. The number of carbonyl (C=O) groups is 2. The van der Waals surface area contributed by atoms with E-state index in [1.54, 1.807) is 29.3 Å². The molecule has 0 spiro atoms. The van der Waals surface area contributed by atoms with Crippen LogP contribution < -0.4 is 14.7 Å². The van der Waals surface area contributed by atoms with Crippen LogP contribution in [0, 0.1) is 12.8 Å². The number of hydroxylamine groups is 1. The third-order valence-corrected chi connectivity index (χ3v) is 5.96. The minimum absolute atomic E-state index is 0.00640. The van der Waals surface area contributed by atoms with Crippen molar-refractivity contribution >= 4 is 23.2 Å². The molecule has 7 heteroatoms. The van der Waals surface area contributed by atoms with Gasteiger partial charge in [0.1, 0.15) is 5.92 Å². The van der Waals surface area contributed by atoms with E-state index < -0.39 is 24.0 Å². The number of anilines is 2. The molecule has 1 N–H and O–H groups in total. The molecule has 5 rings (SSSR count). The first kappa shape index (κ1) is 20.1. The molecular weight excluding hydrogens is 408 g/mol. The molecule has 0 bridgehead atoms. The number of amides is 2. The van der Waals surface area contributed by atoms with Crippen LogP contribution in [0.15, 0.2) is 72.8 Å². The minimum atomic E-state index is -0.950. The van der Waals surface area contributed by atoms with Crippen LogP contribution in [0.5, 0.6) is 11.5 Å². The van der Waals surface area contributed by atoms with Crippen LogP contribution in [0.4, 0.5) is 11.4 Å². The number of aromatic hydroxyl groups is 1. The maximum Gasteiger partial charge on any atom is 0.266 e. The van der Waals surface area contributed by atoms with Crippen LogP contribution in [0.3, 0.4) is 0 Å². The Kier molecular flexibility index (Phi) is 4.83. The summed E-state index contributed by atoms with van der Waals surface area (Å²) in [5.74, 6) is -1.19. The number of phenolic OH excluding ortho intramolecular Hbond substituents is 1. The second-order valence-electron chi connectivity index (χ2n) is 7.94. The lowest BCUT2D eigenvalue weighted by molar-refractivity contribution is -0.126. The molecular formula is C25H22N2O5. The molecule has 0 unspecified atom stereocenters. The fourth-order valence-electron chi connectivity index (χ4n) is 4.38. The predicted molar refractivity (Wildman–Crippen MR) is 118 cm³/mol. The zero-order valence-corrected chi connectivity index (χ0v) is 17.6. The van der Waals surface area contributed by atoms with Crippen LogP contribution in [-0.2, 0) is 14.4 Å². The summed E-state index contributed by atoms with van der Waals surface area (Å²) < 4.78 is 5.28. The highest BCUT2D eigenvalue weighted by Gasteiger charge is 2.60. The smallest absolute Gasteiger partial charge is 0.266 e. The number of phenols is 1. The molecule has 2 aliphatic rings. The maximum absolute atomic E-state index is 13.6. The van der Waals surface area contributed by atoms with Gasteiger partial charge in [0.15, 0.2) is 17.6 Å². The molecule has 2 aliphatic heterocycles. The van der Waals surface area contributed by atoms with Crippen molar-refractivity contribution in [2.75, 3.05) is 17.1 Å². The number of imide groups is 1. The third-order valence-electron chi connectivity index (χ3n) is 5.96. The van der Waals surface area contributed by atoms with Gasteiger partial charge in [0.25, 0.3) is 5.91 Å². The number of rotatable bonds is 4. The first-order valence-corrected chi connectivity index (χ1v) is 10.3. The zero-order chi connectivity index (χ0) is 22.4. The van der Waals surface area contributed by atoms with Crippen molar-refractivity contribution in [2.24, 2.45) is 5.92 Å². The number of fused-ring (bicyclic) bond motifs is 1. The number of methoxy groups -OCH3 is 1. The highest BCUT2D eigenvalue weighted by molar-refractivity contribution is 6.23. The summed E-state index contributed by atoms with van der Waals surface area (Å²) in [4.78, 5) is 34.2. The highest BCUT2D eigenvalue weighted by Crippen LogP contribution is 2.48. The summed E-state index contributed by atoms with van der Waals surface area (Å²) in [7, 11) is 1.46. The topological polar surface area (TPSA) is 79.3 Å². The van der Waals surface area contributed by atoms with Crippen LogP contribution in [0.1, 0.15) is 17.2 Å². The van der Waals surface area contributed by atoms with E-state index in [4.69, 9.17) is 9.57 Å². The van der Waals surface area contributed by atoms with E-state index >= 15 is 0 Å². The van der Waals surface area contributed by atoms with Crippen molar-refractivity contribution in [2.45, 2.75) is 19.1 Å². The molecule has 2 amide bonds. The number of carbonyl (C=O) groups excluding carboxylic acids is 2. The lowest BCUT2D eigenvalue weighted by Crippen LogP contribution is -2.37. The summed E-state index contributed by atoms with van der Waals surface area (Å²) in [6.45, 7) is 1.95. The summed E-state index contributed by atoms with van der Waals surface area (Å²) in [6, 6.07) is 20.9. The number of aryl methyl sites for hydroxylation is 1. The first-order chi connectivity index (χ1) is 15.5. The molecule has 2 fully saturated rings. The standard InChI is InChI=1S/C25H22N2O5/c1-15-8-11-17(12-9-15)26-24(29)21-22(16-10-13-19(28)20(14-16)31-2)27(32-23(21)25(26)30)18-6-4-3-5-7-18/h3-14,21-23,28H,1-2H3/t21-,22+,23+/m0/s1. The molecule has 3 aromatic rings.